The first-order valence-corrected chi connectivity index (χ1v) is 9.31. The van der Waals surface area contributed by atoms with Crippen LogP contribution in [-0.4, -0.2) is 59.3 Å². The predicted molar refractivity (Wildman–Crippen MR) is 118 cm³/mol. The van der Waals surface area contributed by atoms with Gasteiger partial charge in [-0.1, -0.05) is 6.07 Å². The molecule has 0 radical (unpaired) electrons. The minimum Gasteiger partial charge on any atom is -0.454 e. The van der Waals surface area contributed by atoms with E-state index in [1.807, 2.05) is 12.1 Å². The summed E-state index contributed by atoms with van der Waals surface area (Å²) in [6.07, 6.45) is 2.91. The van der Waals surface area contributed by atoms with Crippen LogP contribution in [0, 0.1) is 0 Å². The lowest BCUT2D eigenvalue weighted by Gasteiger charge is -2.11. The molecule has 0 unspecified atom stereocenters. The van der Waals surface area contributed by atoms with E-state index in [-0.39, 0.29) is 24.0 Å². The Morgan fingerprint density at radius 3 is 2.78 bits per heavy atom. The zero-order chi connectivity index (χ0) is 18.5. The minimum absolute atomic E-state index is 0. The minimum atomic E-state index is 0. The number of rotatable bonds is 12. The Labute approximate surface area is 179 Å². The van der Waals surface area contributed by atoms with E-state index >= 15 is 0 Å². The lowest BCUT2D eigenvalue weighted by molar-refractivity contribution is 0.0690. The van der Waals surface area contributed by atoms with Gasteiger partial charge in [0.05, 0.1) is 13.2 Å². The van der Waals surface area contributed by atoms with Crippen LogP contribution in [0.2, 0.25) is 0 Å². The number of nitrogens with zero attached hydrogens (tertiary/aromatic N) is 1. The van der Waals surface area contributed by atoms with E-state index in [0.29, 0.717) is 20.0 Å². The van der Waals surface area contributed by atoms with Crippen molar-refractivity contribution in [2.24, 2.45) is 4.99 Å². The summed E-state index contributed by atoms with van der Waals surface area (Å²) in [5.74, 6) is 2.51. The van der Waals surface area contributed by atoms with Gasteiger partial charge in [0.15, 0.2) is 17.5 Å². The summed E-state index contributed by atoms with van der Waals surface area (Å²) in [7, 11) is 1.68. The highest BCUT2D eigenvalue weighted by molar-refractivity contribution is 14.0. The second kappa shape index (κ2) is 14.8. The van der Waals surface area contributed by atoms with Gasteiger partial charge in [-0.2, -0.15) is 0 Å². The van der Waals surface area contributed by atoms with Crippen LogP contribution < -0.4 is 20.1 Å². The SMILES string of the molecule is CCNC(=NCCCCOCCOC)NCCc1ccc2c(c1)OCO2.I. The van der Waals surface area contributed by atoms with E-state index in [0.717, 1.165) is 63.0 Å². The van der Waals surface area contributed by atoms with Crippen molar-refractivity contribution in [1.29, 1.82) is 0 Å². The maximum atomic E-state index is 5.45. The van der Waals surface area contributed by atoms with Gasteiger partial charge in [0, 0.05) is 33.4 Å². The number of fused-ring (bicyclic) bond motifs is 1. The zero-order valence-corrected chi connectivity index (χ0v) is 18.6. The normalized spacial score (nSPS) is 12.6. The summed E-state index contributed by atoms with van der Waals surface area (Å²) < 4.78 is 21.1. The van der Waals surface area contributed by atoms with E-state index in [4.69, 9.17) is 18.9 Å². The van der Waals surface area contributed by atoms with Gasteiger partial charge in [-0.15, -0.1) is 24.0 Å². The Morgan fingerprint density at radius 1 is 1.11 bits per heavy atom. The van der Waals surface area contributed by atoms with Crippen LogP contribution in [0.1, 0.15) is 25.3 Å². The van der Waals surface area contributed by atoms with Crippen molar-refractivity contribution in [3.8, 4) is 11.5 Å². The number of methoxy groups -OCH3 is 1. The lowest BCUT2D eigenvalue weighted by atomic mass is 10.1. The van der Waals surface area contributed by atoms with Crippen LogP contribution >= 0.6 is 24.0 Å². The predicted octanol–water partition coefficient (Wildman–Crippen LogP) is 2.57. The molecule has 0 saturated heterocycles. The van der Waals surface area contributed by atoms with Crippen molar-refractivity contribution < 1.29 is 18.9 Å². The molecule has 0 aromatic heterocycles. The second-order valence-electron chi connectivity index (χ2n) is 5.94. The van der Waals surface area contributed by atoms with Crippen LogP contribution in [-0.2, 0) is 15.9 Å². The van der Waals surface area contributed by atoms with Gasteiger partial charge in [-0.3, -0.25) is 4.99 Å². The molecule has 27 heavy (non-hydrogen) atoms. The molecule has 1 heterocycles. The molecule has 7 nitrogen and oxygen atoms in total. The van der Waals surface area contributed by atoms with Crippen LogP contribution in [0.4, 0.5) is 0 Å². The van der Waals surface area contributed by atoms with Gasteiger partial charge >= 0.3 is 0 Å². The van der Waals surface area contributed by atoms with E-state index in [9.17, 15) is 0 Å². The number of aliphatic imine (C=N–C) groups is 1. The molecule has 0 aliphatic carbocycles. The van der Waals surface area contributed by atoms with Crippen molar-refractivity contribution in [2.45, 2.75) is 26.2 Å². The Kier molecular flexibility index (Phi) is 13.0. The van der Waals surface area contributed by atoms with Gasteiger partial charge in [0.2, 0.25) is 6.79 Å². The number of guanidine groups is 1. The summed E-state index contributed by atoms with van der Waals surface area (Å²) in [5, 5.41) is 6.65. The molecule has 1 aromatic carbocycles. The third-order valence-electron chi connectivity index (χ3n) is 3.89. The largest absolute Gasteiger partial charge is 0.454 e. The molecule has 0 amide bonds. The van der Waals surface area contributed by atoms with E-state index in [2.05, 4.69) is 28.6 Å². The van der Waals surface area contributed by atoms with Crippen LogP contribution in [0.15, 0.2) is 23.2 Å². The standard InChI is InChI=1S/C19H31N3O4.HI/c1-3-20-19(21-9-4-5-11-24-13-12-23-2)22-10-8-16-6-7-17-18(14-16)26-15-25-17;/h6-7,14H,3-5,8-13,15H2,1-2H3,(H2,20,21,22);1H. The average Bonchev–Trinajstić information content (AvgIpc) is 3.11. The molecule has 1 aliphatic rings. The van der Waals surface area contributed by atoms with E-state index < -0.39 is 0 Å². The molecule has 0 saturated carbocycles. The molecule has 0 bridgehead atoms. The third-order valence-corrected chi connectivity index (χ3v) is 3.89. The van der Waals surface area contributed by atoms with Gasteiger partial charge in [0.25, 0.3) is 0 Å². The maximum Gasteiger partial charge on any atom is 0.231 e. The van der Waals surface area contributed by atoms with E-state index in [1.54, 1.807) is 7.11 Å². The molecule has 1 aliphatic heterocycles. The Morgan fingerprint density at radius 2 is 1.96 bits per heavy atom. The van der Waals surface area contributed by atoms with Crippen molar-refractivity contribution >= 4 is 29.9 Å². The Bertz CT molecular complexity index is 558. The molecule has 0 atom stereocenters. The molecule has 0 spiro atoms. The Hall–Kier alpha value is -1.26. The maximum absolute atomic E-state index is 5.45. The molecular weight excluding hydrogens is 461 g/mol. The molecule has 8 heteroatoms. The zero-order valence-electron chi connectivity index (χ0n) is 16.3. The average molecular weight is 493 g/mol. The monoisotopic (exact) mass is 493 g/mol. The first kappa shape index (κ1) is 23.8. The van der Waals surface area contributed by atoms with Gasteiger partial charge in [0.1, 0.15) is 0 Å². The number of nitrogens with one attached hydrogen (secondary N) is 2. The van der Waals surface area contributed by atoms with Crippen LogP contribution in [0.3, 0.4) is 0 Å². The summed E-state index contributed by atoms with van der Waals surface area (Å²) in [6.45, 7) is 6.88. The highest BCUT2D eigenvalue weighted by Crippen LogP contribution is 2.32. The highest BCUT2D eigenvalue weighted by atomic mass is 127. The van der Waals surface area contributed by atoms with Crippen molar-refractivity contribution in [3.63, 3.8) is 0 Å². The number of unbranched alkanes of at least 4 members (excludes halogenated alkanes) is 1. The molecule has 154 valence electrons. The fourth-order valence-corrected chi connectivity index (χ4v) is 2.51. The molecule has 1 aromatic rings. The smallest absolute Gasteiger partial charge is 0.231 e. The second-order valence-corrected chi connectivity index (χ2v) is 5.94. The fourth-order valence-electron chi connectivity index (χ4n) is 2.51. The number of hydrogen-bond donors (Lipinski definition) is 2. The molecule has 2 N–H and O–H groups in total. The fraction of sp³-hybridized carbons (Fsp3) is 0.632. The van der Waals surface area contributed by atoms with Gasteiger partial charge in [-0.25, -0.2) is 0 Å². The summed E-state index contributed by atoms with van der Waals surface area (Å²) in [4.78, 5) is 4.61. The number of hydrogen-bond acceptors (Lipinski definition) is 5. The number of ether oxygens (including phenoxy) is 4. The number of halogens is 1. The van der Waals surface area contributed by atoms with Gasteiger partial charge < -0.3 is 29.6 Å². The van der Waals surface area contributed by atoms with Crippen LogP contribution in [0.5, 0.6) is 11.5 Å². The first-order valence-electron chi connectivity index (χ1n) is 9.31. The molecule has 0 fully saturated rings. The van der Waals surface area contributed by atoms with Crippen molar-refractivity contribution in [1.82, 2.24) is 10.6 Å². The summed E-state index contributed by atoms with van der Waals surface area (Å²) >= 11 is 0. The van der Waals surface area contributed by atoms with Crippen LogP contribution in [0.25, 0.3) is 0 Å². The third kappa shape index (κ3) is 9.48. The highest BCUT2D eigenvalue weighted by Gasteiger charge is 2.12. The molecular formula is C19H32IN3O4. The Balaban J connectivity index is 0.00000364. The van der Waals surface area contributed by atoms with E-state index in [1.165, 1.54) is 5.56 Å². The summed E-state index contributed by atoms with van der Waals surface area (Å²) in [6, 6.07) is 6.08. The topological polar surface area (TPSA) is 73.3 Å². The van der Waals surface area contributed by atoms with Crippen molar-refractivity contribution in [3.05, 3.63) is 23.8 Å². The first-order chi connectivity index (χ1) is 12.8. The number of benzene rings is 1. The lowest BCUT2D eigenvalue weighted by Crippen LogP contribution is -2.38. The quantitative estimate of drug-likeness (QED) is 0.202. The molecule has 2 rings (SSSR count). The van der Waals surface area contributed by atoms with Crippen molar-refractivity contribution in [2.75, 3.05) is 53.4 Å². The van der Waals surface area contributed by atoms with Gasteiger partial charge in [-0.05, 0) is 43.9 Å². The summed E-state index contributed by atoms with van der Waals surface area (Å²) in [5.41, 5.74) is 1.21.